The van der Waals surface area contributed by atoms with E-state index in [9.17, 15) is 13.2 Å². The number of amides is 1. The van der Waals surface area contributed by atoms with E-state index in [-0.39, 0.29) is 16.6 Å². The molecule has 12 heteroatoms. The molecule has 1 amide bonds. The number of furan rings is 1. The zero-order valence-corrected chi connectivity index (χ0v) is 20.0. The van der Waals surface area contributed by atoms with Crippen LogP contribution in [0.2, 0.25) is 0 Å². The molecule has 3 heterocycles. The molecular formula is C21H25N5O5S2. The van der Waals surface area contributed by atoms with E-state index in [4.69, 9.17) is 9.15 Å². The molecule has 0 aliphatic carbocycles. The summed E-state index contributed by atoms with van der Waals surface area (Å²) in [4.78, 5) is 13.8. The third-order valence-electron chi connectivity index (χ3n) is 5.13. The Morgan fingerprint density at radius 2 is 1.94 bits per heavy atom. The van der Waals surface area contributed by atoms with Crippen molar-refractivity contribution < 1.29 is 22.4 Å². The summed E-state index contributed by atoms with van der Waals surface area (Å²) < 4.78 is 40.3. The third kappa shape index (κ3) is 5.29. The largest absolute Gasteiger partial charge is 0.467 e. The summed E-state index contributed by atoms with van der Waals surface area (Å²) in [5, 5.41) is 9.14. The quantitative estimate of drug-likeness (QED) is 0.439. The number of benzene rings is 1. The van der Waals surface area contributed by atoms with Crippen LogP contribution in [0.15, 0.2) is 57.1 Å². The number of hydrogen-bond donors (Lipinski definition) is 0. The van der Waals surface area contributed by atoms with Crippen molar-refractivity contribution in [2.75, 3.05) is 46.2 Å². The van der Waals surface area contributed by atoms with Crippen molar-refractivity contribution in [1.29, 1.82) is 0 Å². The Morgan fingerprint density at radius 1 is 1.15 bits per heavy atom. The van der Waals surface area contributed by atoms with Crippen molar-refractivity contribution in [3.05, 3.63) is 48.4 Å². The van der Waals surface area contributed by atoms with Crippen molar-refractivity contribution in [2.24, 2.45) is 0 Å². The Morgan fingerprint density at radius 3 is 2.64 bits per heavy atom. The molecular weight excluding hydrogens is 466 g/mol. The molecule has 0 spiro atoms. The maximum atomic E-state index is 13.1. The minimum atomic E-state index is -3.66. The molecule has 0 radical (unpaired) electrons. The molecule has 1 aromatic carbocycles. The van der Waals surface area contributed by atoms with Crippen LogP contribution < -0.4 is 0 Å². The summed E-state index contributed by atoms with van der Waals surface area (Å²) in [5.74, 6) is 1.33. The van der Waals surface area contributed by atoms with Gasteiger partial charge in [-0.3, -0.25) is 9.36 Å². The van der Waals surface area contributed by atoms with E-state index in [1.807, 2.05) is 10.6 Å². The Bertz CT molecular complexity index is 1200. The van der Waals surface area contributed by atoms with Gasteiger partial charge in [-0.25, -0.2) is 8.42 Å². The zero-order valence-electron chi connectivity index (χ0n) is 18.4. The fourth-order valence-electron chi connectivity index (χ4n) is 3.30. The average molecular weight is 492 g/mol. The van der Waals surface area contributed by atoms with E-state index >= 15 is 0 Å². The number of ether oxygens (including phenoxy) is 1. The van der Waals surface area contributed by atoms with Gasteiger partial charge >= 0.3 is 0 Å². The molecule has 4 rings (SSSR count). The number of thioether (sulfide) groups is 1. The van der Waals surface area contributed by atoms with E-state index in [1.54, 1.807) is 50.7 Å². The Hall–Kier alpha value is -2.67. The van der Waals surface area contributed by atoms with E-state index in [1.165, 1.54) is 21.0 Å². The van der Waals surface area contributed by atoms with Crippen LogP contribution in [0.1, 0.15) is 5.76 Å². The molecule has 0 bridgehead atoms. The van der Waals surface area contributed by atoms with Gasteiger partial charge in [0.05, 0.1) is 36.7 Å². The minimum Gasteiger partial charge on any atom is -0.467 e. The summed E-state index contributed by atoms with van der Waals surface area (Å²) in [6.07, 6.45) is 1.58. The topological polar surface area (TPSA) is 111 Å². The van der Waals surface area contributed by atoms with E-state index in [0.717, 1.165) is 0 Å². The summed E-state index contributed by atoms with van der Waals surface area (Å²) in [6, 6.07) is 10.3. The van der Waals surface area contributed by atoms with E-state index in [2.05, 4.69) is 10.2 Å². The van der Waals surface area contributed by atoms with Gasteiger partial charge in [-0.15, -0.1) is 10.2 Å². The van der Waals surface area contributed by atoms with Gasteiger partial charge in [0.1, 0.15) is 5.76 Å². The van der Waals surface area contributed by atoms with Gasteiger partial charge in [0.25, 0.3) is 0 Å². The summed E-state index contributed by atoms with van der Waals surface area (Å²) >= 11 is 1.27. The SMILES string of the molecule is CN(C)C(=O)CSc1nnc(-c2cccc(S(=O)(=O)N3CCOCC3)c2)n1Cc1ccco1. The number of sulfonamides is 1. The lowest BCUT2D eigenvalue weighted by Gasteiger charge is -2.26. The van der Waals surface area contributed by atoms with Crippen LogP contribution in [0.25, 0.3) is 11.4 Å². The maximum absolute atomic E-state index is 13.1. The molecule has 1 fully saturated rings. The van der Waals surface area contributed by atoms with Crippen LogP contribution in [0, 0.1) is 0 Å². The summed E-state index contributed by atoms with van der Waals surface area (Å²) in [7, 11) is -0.264. The standard InChI is InChI=1S/C21H25N5O5S2/c1-24(2)19(27)15-32-21-23-22-20(26(21)14-17-6-4-10-31-17)16-5-3-7-18(13-16)33(28,29)25-8-11-30-12-9-25/h3-7,10,13H,8-9,11-12,14-15H2,1-2H3. The molecule has 0 N–H and O–H groups in total. The number of nitrogens with zero attached hydrogens (tertiary/aromatic N) is 5. The Balaban J connectivity index is 1.68. The first-order valence-electron chi connectivity index (χ1n) is 10.3. The van der Waals surface area contributed by atoms with Gasteiger partial charge in [-0.05, 0) is 24.3 Å². The smallest absolute Gasteiger partial charge is 0.243 e. The van der Waals surface area contributed by atoms with Crippen molar-refractivity contribution in [2.45, 2.75) is 16.6 Å². The number of rotatable bonds is 8. The van der Waals surface area contributed by atoms with Gasteiger partial charge in [-0.2, -0.15) is 4.31 Å². The van der Waals surface area contributed by atoms with E-state index < -0.39 is 10.0 Å². The van der Waals surface area contributed by atoms with Gasteiger partial charge in [0, 0.05) is 32.7 Å². The van der Waals surface area contributed by atoms with Crippen LogP contribution in [-0.4, -0.2) is 84.4 Å². The van der Waals surface area contributed by atoms with Crippen LogP contribution in [0.4, 0.5) is 0 Å². The Kier molecular flexibility index (Phi) is 7.17. The first kappa shape index (κ1) is 23.5. The lowest BCUT2D eigenvalue weighted by atomic mass is 10.2. The van der Waals surface area contributed by atoms with Crippen LogP contribution in [0.5, 0.6) is 0 Å². The highest BCUT2D eigenvalue weighted by atomic mass is 32.2. The molecule has 1 aliphatic heterocycles. The first-order chi connectivity index (χ1) is 15.9. The third-order valence-corrected chi connectivity index (χ3v) is 7.98. The average Bonchev–Trinajstić information content (AvgIpc) is 3.48. The number of carbonyl (C=O) groups excluding carboxylic acids is 1. The monoisotopic (exact) mass is 491 g/mol. The fraction of sp³-hybridized carbons (Fsp3) is 0.381. The molecule has 1 aliphatic rings. The predicted molar refractivity (Wildman–Crippen MR) is 122 cm³/mol. The lowest BCUT2D eigenvalue weighted by Crippen LogP contribution is -2.40. The number of carbonyl (C=O) groups is 1. The zero-order chi connectivity index (χ0) is 23.4. The van der Waals surface area contributed by atoms with Crippen molar-refractivity contribution in [3.63, 3.8) is 0 Å². The molecule has 10 nitrogen and oxygen atoms in total. The minimum absolute atomic E-state index is 0.0484. The van der Waals surface area contributed by atoms with Crippen LogP contribution in [-0.2, 0) is 26.1 Å². The molecule has 0 saturated carbocycles. The maximum Gasteiger partial charge on any atom is 0.243 e. The normalized spacial score (nSPS) is 15.0. The van der Waals surface area contributed by atoms with Crippen LogP contribution >= 0.6 is 11.8 Å². The second-order valence-corrected chi connectivity index (χ2v) is 10.5. The highest BCUT2D eigenvalue weighted by Crippen LogP contribution is 2.28. The van der Waals surface area contributed by atoms with Gasteiger partial charge in [0.2, 0.25) is 15.9 Å². The van der Waals surface area contributed by atoms with Crippen molar-refractivity contribution in [1.82, 2.24) is 24.0 Å². The van der Waals surface area contributed by atoms with Gasteiger partial charge < -0.3 is 14.1 Å². The highest BCUT2D eigenvalue weighted by Gasteiger charge is 2.27. The molecule has 33 heavy (non-hydrogen) atoms. The number of morpholine rings is 1. The molecule has 1 saturated heterocycles. The molecule has 2 aromatic heterocycles. The molecule has 176 valence electrons. The number of hydrogen-bond acceptors (Lipinski definition) is 8. The van der Waals surface area contributed by atoms with E-state index in [0.29, 0.717) is 55.2 Å². The van der Waals surface area contributed by atoms with Crippen molar-refractivity contribution in [3.8, 4) is 11.4 Å². The Labute approximate surface area is 196 Å². The fourth-order valence-corrected chi connectivity index (χ4v) is 5.67. The van der Waals surface area contributed by atoms with Gasteiger partial charge in [-0.1, -0.05) is 23.9 Å². The second kappa shape index (κ2) is 10.1. The predicted octanol–water partition coefficient (Wildman–Crippen LogP) is 1.79. The summed E-state index contributed by atoms with van der Waals surface area (Å²) in [5.41, 5.74) is 0.606. The lowest BCUT2D eigenvalue weighted by molar-refractivity contribution is -0.125. The highest BCUT2D eigenvalue weighted by molar-refractivity contribution is 7.99. The molecule has 0 atom stereocenters. The molecule has 3 aromatic rings. The second-order valence-electron chi connectivity index (χ2n) is 7.59. The van der Waals surface area contributed by atoms with Crippen molar-refractivity contribution >= 4 is 27.7 Å². The molecule has 0 unspecified atom stereocenters. The first-order valence-corrected chi connectivity index (χ1v) is 12.8. The van der Waals surface area contributed by atoms with Crippen LogP contribution in [0.3, 0.4) is 0 Å². The van der Waals surface area contributed by atoms with Gasteiger partial charge in [0.15, 0.2) is 11.0 Å². The number of aromatic nitrogens is 3. The summed E-state index contributed by atoms with van der Waals surface area (Å²) in [6.45, 7) is 1.74.